The molecule has 0 bridgehead atoms. The molecule has 150 valence electrons. The van der Waals surface area contributed by atoms with Crippen molar-refractivity contribution in [2.75, 3.05) is 27.8 Å². The van der Waals surface area contributed by atoms with E-state index in [4.69, 9.17) is 9.47 Å². The van der Waals surface area contributed by atoms with Crippen LogP contribution in [0.15, 0.2) is 35.6 Å². The van der Waals surface area contributed by atoms with Crippen LogP contribution in [-0.2, 0) is 13.1 Å². The van der Waals surface area contributed by atoms with E-state index >= 15 is 0 Å². The second-order valence-corrected chi connectivity index (χ2v) is 5.92. The van der Waals surface area contributed by atoms with E-state index in [1.807, 2.05) is 37.5 Å². The van der Waals surface area contributed by atoms with E-state index in [0.717, 1.165) is 54.8 Å². The van der Waals surface area contributed by atoms with Crippen LogP contribution in [0, 0.1) is 6.92 Å². The van der Waals surface area contributed by atoms with Crippen molar-refractivity contribution in [3.8, 4) is 11.5 Å². The van der Waals surface area contributed by atoms with Crippen molar-refractivity contribution in [1.29, 1.82) is 0 Å². The van der Waals surface area contributed by atoms with Crippen LogP contribution in [0.2, 0.25) is 0 Å². The molecule has 2 aromatic rings. The summed E-state index contributed by atoms with van der Waals surface area (Å²) in [5.74, 6) is 3.31. The van der Waals surface area contributed by atoms with Gasteiger partial charge < -0.3 is 24.7 Å². The molecule has 27 heavy (non-hydrogen) atoms. The minimum absolute atomic E-state index is 0. The van der Waals surface area contributed by atoms with E-state index in [9.17, 15) is 0 Å². The Morgan fingerprint density at radius 3 is 2.56 bits per heavy atom. The molecule has 8 heteroatoms. The van der Waals surface area contributed by atoms with Crippen molar-refractivity contribution in [3.05, 3.63) is 42.0 Å². The zero-order valence-electron chi connectivity index (χ0n) is 16.5. The van der Waals surface area contributed by atoms with Gasteiger partial charge in [0.25, 0.3) is 0 Å². The van der Waals surface area contributed by atoms with Crippen LogP contribution >= 0.6 is 24.0 Å². The largest absolute Gasteiger partial charge is 0.493 e. The van der Waals surface area contributed by atoms with Crippen molar-refractivity contribution in [2.45, 2.75) is 32.9 Å². The highest BCUT2D eigenvalue weighted by Gasteiger charge is 2.05. The van der Waals surface area contributed by atoms with E-state index < -0.39 is 0 Å². The first-order chi connectivity index (χ1) is 12.7. The van der Waals surface area contributed by atoms with Crippen LogP contribution in [0.1, 0.15) is 24.2 Å². The highest BCUT2D eigenvalue weighted by Crippen LogP contribution is 2.27. The number of nitrogens with zero attached hydrogens (tertiary/aromatic N) is 3. The molecular weight excluding hydrogens is 457 g/mol. The van der Waals surface area contributed by atoms with E-state index in [1.54, 1.807) is 21.3 Å². The fourth-order valence-corrected chi connectivity index (χ4v) is 2.65. The summed E-state index contributed by atoms with van der Waals surface area (Å²) in [6.07, 6.45) is 6.02. The molecule has 0 saturated carbocycles. The zero-order valence-corrected chi connectivity index (χ0v) is 18.8. The average molecular weight is 487 g/mol. The average Bonchev–Trinajstić information content (AvgIpc) is 3.08. The number of guanidine groups is 1. The van der Waals surface area contributed by atoms with Gasteiger partial charge in [0.15, 0.2) is 17.5 Å². The number of halogens is 1. The molecule has 0 unspecified atom stereocenters. The van der Waals surface area contributed by atoms with Crippen LogP contribution in [0.3, 0.4) is 0 Å². The molecule has 1 heterocycles. The first-order valence-corrected chi connectivity index (χ1v) is 8.81. The van der Waals surface area contributed by atoms with Gasteiger partial charge in [-0.3, -0.25) is 4.99 Å². The highest BCUT2D eigenvalue weighted by molar-refractivity contribution is 14.0. The zero-order chi connectivity index (χ0) is 18.8. The van der Waals surface area contributed by atoms with Gasteiger partial charge in [-0.25, -0.2) is 4.98 Å². The number of hydrogen-bond acceptors (Lipinski definition) is 4. The Morgan fingerprint density at radius 2 is 1.93 bits per heavy atom. The lowest BCUT2D eigenvalue weighted by atomic mass is 10.2. The van der Waals surface area contributed by atoms with Crippen molar-refractivity contribution in [1.82, 2.24) is 20.2 Å². The summed E-state index contributed by atoms with van der Waals surface area (Å²) in [5, 5.41) is 6.66. The smallest absolute Gasteiger partial charge is 0.191 e. The van der Waals surface area contributed by atoms with E-state index in [1.165, 1.54) is 0 Å². The number of benzene rings is 1. The van der Waals surface area contributed by atoms with Gasteiger partial charge in [-0.15, -0.1) is 24.0 Å². The number of ether oxygens (including phenoxy) is 2. The number of methoxy groups -OCH3 is 2. The molecule has 2 N–H and O–H groups in total. The molecule has 1 aromatic heterocycles. The molecule has 1 aromatic carbocycles. The number of rotatable bonds is 9. The molecule has 7 nitrogen and oxygen atoms in total. The predicted molar refractivity (Wildman–Crippen MR) is 119 cm³/mol. The molecule has 0 saturated heterocycles. The molecule has 0 atom stereocenters. The van der Waals surface area contributed by atoms with Crippen molar-refractivity contribution in [3.63, 3.8) is 0 Å². The standard InChI is InChI=1S/C19H29N5O2.HI/c1-15-21-10-12-24(15)11-6-5-9-22-19(20-2)23-14-16-7-8-17(25-3)18(13-16)26-4;/h7-8,10,12-13H,5-6,9,11,14H2,1-4H3,(H2,20,22,23);1H. The van der Waals surface area contributed by atoms with Crippen LogP contribution in [0.5, 0.6) is 11.5 Å². The maximum absolute atomic E-state index is 5.34. The van der Waals surface area contributed by atoms with Crippen molar-refractivity contribution < 1.29 is 9.47 Å². The number of imidazole rings is 1. The summed E-state index contributed by atoms with van der Waals surface area (Å²) in [6.45, 7) is 4.55. The van der Waals surface area contributed by atoms with Crippen molar-refractivity contribution in [2.24, 2.45) is 4.99 Å². The molecule has 0 spiro atoms. The third kappa shape index (κ3) is 7.28. The van der Waals surface area contributed by atoms with Gasteiger partial charge in [0.2, 0.25) is 0 Å². The third-order valence-corrected chi connectivity index (χ3v) is 4.17. The lowest BCUT2D eigenvalue weighted by Gasteiger charge is -2.13. The summed E-state index contributed by atoms with van der Waals surface area (Å²) < 4.78 is 12.8. The molecule has 2 rings (SSSR count). The first-order valence-electron chi connectivity index (χ1n) is 8.81. The molecule has 0 radical (unpaired) electrons. The SMILES string of the molecule is CN=C(NCCCCn1ccnc1C)NCc1ccc(OC)c(OC)c1.I. The summed E-state index contributed by atoms with van der Waals surface area (Å²) in [6, 6.07) is 5.88. The second-order valence-electron chi connectivity index (χ2n) is 5.92. The molecule has 0 aliphatic heterocycles. The van der Waals surface area contributed by atoms with Gasteiger partial charge >= 0.3 is 0 Å². The number of hydrogen-bond donors (Lipinski definition) is 2. The Bertz CT molecular complexity index is 718. The predicted octanol–water partition coefficient (Wildman–Crippen LogP) is 2.97. The normalized spacial score (nSPS) is 10.9. The minimum atomic E-state index is 0. The van der Waals surface area contributed by atoms with E-state index in [0.29, 0.717) is 6.54 Å². The lowest BCUT2D eigenvalue weighted by Crippen LogP contribution is -2.37. The Morgan fingerprint density at radius 1 is 1.15 bits per heavy atom. The van der Waals surface area contributed by atoms with Crippen LogP contribution in [0.25, 0.3) is 0 Å². The van der Waals surface area contributed by atoms with Crippen LogP contribution < -0.4 is 20.1 Å². The van der Waals surface area contributed by atoms with E-state index in [-0.39, 0.29) is 24.0 Å². The molecule has 0 amide bonds. The van der Waals surface area contributed by atoms with Crippen molar-refractivity contribution >= 4 is 29.9 Å². The molecule has 0 aliphatic rings. The topological polar surface area (TPSA) is 72.7 Å². The maximum Gasteiger partial charge on any atom is 0.191 e. The molecule has 0 fully saturated rings. The monoisotopic (exact) mass is 487 g/mol. The summed E-state index contributed by atoms with van der Waals surface area (Å²) >= 11 is 0. The lowest BCUT2D eigenvalue weighted by molar-refractivity contribution is 0.354. The van der Waals surface area contributed by atoms with Gasteiger partial charge in [0, 0.05) is 39.1 Å². The number of unbranched alkanes of at least 4 members (excludes halogenated alkanes) is 1. The van der Waals surface area contributed by atoms with Gasteiger partial charge in [-0.1, -0.05) is 6.07 Å². The van der Waals surface area contributed by atoms with Crippen LogP contribution in [0.4, 0.5) is 0 Å². The molecule has 0 aliphatic carbocycles. The van der Waals surface area contributed by atoms with E-state index in [2.05, 4.69) is 25.2 Å². The van der Waals surface area contributed by atoms with Gasteiger partial charge in [-0.2, -0.15) is 0 Å². The number of aryl methyl sites for hydroxylation is 2. The number of aromatic nitrogens is 2. The Labute approximate surface area is 178 Å². The minimum Gasteiger partial charge on any atom is -0.493 e. The third-order valence-electron chi connectivity index (χ3n) is 4.17. The highest BCUT2D eigenvalue weighted by atomic mass is 127. The fraction of sp³-hybridized carbons (Fsp3) is 0.474. The quantitative estimate of drug-likeness (QED) is 0.246. The Hall–Kier alpha value is -1.97. The van der Waals surface area contributed by atoms with Gasteiger partial charge in [0.1, 0.15) is 5.82 Å². The molecular formula is C19H30IN5O2. The Balaban J connectivity index is 0.00000364. The summed E-state index contributed by atoms with van der Waals surface area (Å²) in [7, 11) is 5.05. The number of aliphatic imine (C=N–C) groups is 1. The number of nitrogens with one attached hydrogen (secondary N) is 2. The maximum atomic E-state index is 5.34. The second kappa shape index (κ2) is 12.4. The summed E-state index contributed by atoms with van der Waals surface area (Å²) in [5.41, 5.74) is 1.10. The Kier molecular flexibility index (Phi) is 10.6. The summed E-state index contributed by atoms with van der Waals surface area (Å²) in [4.78, 5) is 8.50. The van der Waals surface area contributed by atoms with Crippen LogP contribution in [-0.4, -0.2) is 43.3 Å². The first kappa shape index (κ1) is 23.1. The van der Waals surface area contributed by atoms with Gasteiger partial charge in [-0.05, 0) is 37.5 Å². The fourth-order valence-electron chi connectivity index (χ4n) is 2.65. The van der Waals surface area contributed by atoms with Gasteiger partial charge in [0.05, 0.1) is 14.2 Å².